The Morgan fingerprint density at radius 3 is 2.35 bits per heavy atom. The zero-order valence-corrected chi connectivity index (χ0v) is 13.5. The molecule has 0 saturated carbocycles. The third-order valence-electron chi connectivity index (χ3n) is 3.69. The Kier molecular flexibility index (Phi) is 3.39. The number of ether oxygens (including phenoxy) is 1. The lowest BCUT2D eigenvalue weighted by molar-refractivity contribution is 0.415. The smallest absolute Gasteiger partial charge is 0.147 e. The van der Waals surface area contributed by atoms with Gasteiger partial charge in [-0.15, -0.1) is 15.0 Å². The first-order valence-corrected chi connectivity index (χ1v) is 7.27. The number of hydrogen-bond donors (Lipinski definition) is 2. The molecule has 0 aliphatic rings. The van der Waals surface area contributed by atoms with Gasteiger partial charge in [-0.25, -0.2) is 0 Å². The summed E-state index contributed by atoms with van der Waals surface area (Å²) in [5.41, 5.74) is 1.96. The van der Waals surface area contributed by atoms with Crippen LogP contribution < -0.4 is 4.74 Å². The van der Waals surface area contributed by atoms with E-state index in [4.69, 9.17) is 4.74 Å². The van der Waals surface area contributed by atoms with Gasteiger partial charge < -0.3 is 14.9 Å². The largest absolute Gasteiger partial charge is 0.508 e. The molecule has 2 aromatic carbocycles. The van der Waals surface area contributed by atoms with Gasteiger partial charge in [0.1, 0.15) is 34.0 Å². The van der Waals surface area contributed by atoms with Gasteiger partial charge in [0.15, 0.2) is 0 Å². The van der Waals surface area contributed by atoms with Crippen molar-refractivity contribution >= 4 is 11.0 Å². The average molecular weight is 313 g/mol. The second-order valence-corrected chi connectivity index (χ2v) is 6.46. The molecule has 0 amide bonds. The van der Waals surface area contributed by atoms with E-state index in [1.54, 1.807) is 31.4 Å². The van der Waals surface area contributed by atoms with Crippen molar-refractivity contribution in [2.75, 3.05) is 7.11 Å². The van der Waals surface area contributed by atoms with E-state index in [0.29, 0.717) is 28.0 Å². The lowest BCUT2D eigenvalue weighted by atomic mass is 9.86. The Hall–Kier alpha value is -2.76. The summed E-state index contributed by atoms with van der Waals surface area (Å²) in [5.74, 6) is 0.796. The fraction of sp³-hybridized carbons (Fsp3) is 0.294. The van der Waals surface area contributed by atoms with Crippen LogP contribution in [0.1, 0.15) is 26.3 Å². The number of aromatic nitrogens is 3. The van der Waals surface area contributed by atoms with Crippen molar-refractivity contribution in [2.45, 2.75) is 26.2 Å². The Morgan fingerprint density at radius 1 is 1.00 bits per heavy atom. The predicted molar refractivity (Wildman–Crippen MR) is 87.4 cm³/mol. The van der Waals surface area contributed by atoms with E-state index in [2.05, 4.69) is 10.2 Å². The summed E-state index contributed by atoms with van der Waals surface area (Å²) in [5, 5.41) is 29.3. The van der Waals surface area contributed by atoms with Crippen LogP contribution >= 0.6 is 0 Å². The molecule has 0 atom stereocenters. The number of phenolic OH excluding ortho intramolecular Hbond substituents is 2. The van der Waals surface area contributed by atoms with E-state index in [1.807, 2.05) is 20.8 Å². The standard InChI is InChI=1S/C17H19N3O3/c1-17(2,3)12-7-10(21)8-15(16(12)22)20-18-13-6-5-11(23-4)9-14(13)19-20/h5-9,21-22H,1-4H3. The van der Waals surface area contributed by atoms with Crippen LogP contribution in [0.3, 0.4) is 0 Å². The maximum absolute atomic E-state index is 10.6. The first-order valence-electron chi connectivity index (χ1n) is 7.27. The minimum Gasteiger partial charge on any atom is -0.508 e. The molecule has 2 N–H and O–H groups in total. The molecule has 0 fully saturated rings. The molecule has 0 spiro atoms. The number of phenols is 2. The van der Waals surface area contributed by atoms with Gasteiger partial charge in [0, 0.05) is 17.7 Å². The zero-order chi connectivity index (χ0) is 16.8. The fourth-order valence-electron chi connectivity index (χ4n) is 2.46. The quantitative estimate of drug-likeness (QED) is 0.710. The molecule has 23 heavy (non-hydrogen) atoms. The maximum atomic E-state index is 10.6. The van der Waals surface area contributed by atoms with Gasteiger partial charge >= 0.3 is 0 Å². The second kappa shape index (κ2) is 5.15. The fourth-order valence-corrected chi connectivity index (χ4v) is 2.46. The second-order valence-electron chi connectivity index (χ2n) is 6.46. The molecule has 3 rings (SSSR count). The number of fused-ring (bicyclic) bond motifs is 1. The number of benzene rings is 2. The van der Waals surface area contributed by atoms with E-state index >= 15 is 0 Å². The first kappa shape index (κ1) is 15.1. The number of rotatable bonds is 2. The van der Waals surface area contributed by atoms with Crippen LogP contribution in [0.4, 0.5) is 0 Å². The molecule has 0 saturated heterocycles. The van der Waals surface area contributed by atoms with E-state index < -0.39 is 0 Å². The Labute approximate surface area is 133 Å². The van der Waals surface area contributed by atoms with Gasteiger partial charge in [-0.05, 0) is 23.6 Å². The SMILES string of the molecule is COc1ccc2nn(-c3cc(O)cc(C(C)(C)C)c3O)nc2c1. The molecule has 1 aromatic heterocycles. The summed E-state index contributed by atoms with van der Waals surface area (Å²) in [6, 6.07) is 8.36. The van der Waals surface area contributed by atoms with Gasteiger partial charge in [0.2, 0.25) is 0 Å². The normalized spacial score (nSPS) is 11.8. The van der Waals surface area contributed by atoms with Crippen LogP contribution in [0, 0.1) is 0 Å². The van der Waals surface area contributed by atoms with Crippen LogP contribution in [0.15, 0.2) is 30.3 Å². The lowest BCUT2D eigenvalue weighted by Crippen LogP contribution is -2.13. The molecule has 0 unspecified atom stereocenters. The lowest BCUT2D eigenvalue weighted by Gasteiger charge is -2.21. The molecule has 0 aliphatic carbocycles. The highest BCUT2D eigenvalue weighted by molar-refractivity contribution is 5.76. The van der Waals surface area contributed by atoms with Crippen LogP contribution in [0.5, 0.6) is 17.2 Å². The monoisotopic (exact) mass is 313 g/mol. The topological polar surface area (TPSA) is 80.4 Å². The average Bonchev–Trinajstić information content (AvgIpc) is 2.90. The summed E-state index contributed by atoms with van der Waals surface area (Å²) < 4.78 is 5.18. The number of nitrogens with zero attached hydrogens (tertiary/aromatic N) is 3. The molecule has 1 heterocycles. The molecule has 3 aromatic rings. The molecular weight excluding hydrogens is 294 g/mol. The minimum atomic E-state index is -0.326. The summed E-state index contributed by atoms with van der Waals surface area (Å²) >= 11 is 0. The molecular formula is C17H19N3O3. The molecule has 6 nitrogen and oxygen atoms in total. The molecule has 120 valence electrons. The molecule has 6 heteroatoms. The van der Waals surface area contributed by atoms with E-state index in [1.165, 1.54) is 10.9 Å². The van der Waals surface area contributed by atoms with Crippen molar-refractivity contribution in [3.8, 4) is 22.9 Å². The number of aromatic hydroxyl groups is 2. The van der Waals surface area contributed by atoms with Crippen LogP contribution in [-0.2, 0) is 5.41 Å². The molecule has 0 radical (unpaired) electrons. The van der Waals surface area contributed by atoms with Gasteiger partial charge in [-0.1, -0.05) is 20.8 Å². The van der Waals surface area contributed by atoms with Crippen molar-refractivity contribution in [1.29, 1.82) is 0 Å². The Bertz CT molecular complexity index is 879. The van der Waals surface area contributed by atoms with Gasteiger partial charge in [0.25, 0.3) is 0 Å². The van der Waals surface area contributed by atoms with Gasteiger partial charge in [-0.3, -0.25) is 0 Å². The maximum Gasteiger partial charge on any atom is 0.147 e. The van der Waals surface area contributed by atoms with Crippen molar-refractivity contribution in [3.05, 3.63) is 35.9 Å². The Balaban J connectivity index is 2.20. The van der Waals surface area contributed by atoms with Crippen molar-refractivity contribution in [1.82, 2.24) is 15.0 Å². The van der Waals surface area contributed by atoms with Crippen LogP contribution in [0.2, 0.25) is 0 Å². The van der Waals surface area contributed by atoms with Crippen molar-refractivity contribution in [3.63, 3.8) is 0 Å². The van der Waals surface area contributed by atoms with Crippen molar-refractivity contribution in [2.24, 2.45) is 0 Å². The summed E-state index contributed by atoms with van der Waals surface area (Å²) in [6.07, 6.45) is 0. The van der Waals surface area contributed by atoms with E-state index in [9.17, 15) is 10.2 Å². The Morgan fingerprint density at radius 2 is 1.70 bits per heavy atom. The highest BCUT2D eigenvalue weighted by atomic mass is 16.5. The number of hydrogen-bond acceptors (Lipinski definition) is 5. The predicted octanol–water partition coefficient (Wildman–Crippen LogP) is 3.14. The minimum absolute atomic E-state index is 0.0571. The van der Waals surface area contributed by atoms with Crippen LogP contribution in [0.25, 0.3) is 16.7 Å². The van der Waals surface area contributed by atoms with E-state index in [0.717, 1.165) is 0 Å². The third kappa shape index (κ3) is 2.67. The number of methoxy groups -OCH3 is 1. The van der Waals surface area contributed by atoms with Crippen molar-refractivity contribution < 1.29 is 14.9 Å². The van der Waals surface area contributed by atoms with E-state index in [-0.39, 0.29) is 16.9 Å². The molecule has 0 aliphatic heterocycles. The summed E-state index contributed by atoms with van der Waals surface area (Å²) in [6.45, 7) is 5.88. The first-order chi connectivity index (χ1) is 10.8. The third-order valence-corrected chi connectivity index (χ3v) is 3.69. The summed E-state index contributed by atoms with van der Waals surface area (Å²) in [4.78, 5) is 1.33. The van der Waals surface area contributed by atoms with Crippen LogP contribution in [-0.4, -0.2) is 32.3 Å². The summed E-state index contributed by atoms with van der Waals surface area (Å²) in [7, 11) is 1.59. The van der Waals surface area contributed by atoms with Gasteiger partial charge in [-0.2, -0.15) is 0 Å². The highest BCUT2D eigenvalue weighted by Crippen LogP contribution is 2.38. The van der Waals surface area contributed by atoms with Gasteiger partial charge in [0.05, 0.1) is 7.11 Å². The zero-order valence-electron chi connectivity index (χ0n) is 13.5. The highest BCUT2D eigenvalue weighted by Gasteiger charge is 2.23. The molecule has 0 bridgehead atoms.